The molecule has 4 rings (SSSR count). The highest BCUT2D eigenvalue weighted by Gasteiger charge is 2.60. The van der Waals surface area contributed by atoms with E-state index >= 15 is 0 Å². The van der Waals surface area contributed by atoms with E-state index in [1.54, 1.807) is 0 Å². The summed E-state index contributed by atoms with van der Waals surface area (Å²) < 4.78 is 5.94. The van der Waals surface area contributed by atoms with Crippen LogP contribution in [0.1, 0.15) is 50.5 Å². The van der Waals surface area contributed by atoms with Gasteiger partial charge in [-0.05, 0) is 38.2 Å². The van der Waals surface area contributed by atoms with Crippen molar-refractivity contribution in [3.8, 4) is 0 Å². The van der Waals surface area contributed by atoms with Crippen molar-refractivity contribution in [2.75, 3.05) is 6.61 Å². The van der Waals surface area contributed by atoms with Gasteiger partial charge in [0.25, 0.3) is 0 Å². The Morgan fingerprint density at radius 2 is 2.00 bits per heavy atom. The summed E-state index contributed by atoms with van der Waals surface area (Å²) in [4.78, 5) is 0. The second-order valence-electron chi connectivity index (χ2n) is 6.85. The standard InChI is InChI=1S/C18H25NO/c1-2-20-17-12-16(18(17)9-6-10-18)19-15-11-14(15)13-7-4-3-5-8-13/h3-5,7-8,14-17,19H,2,6,9-12H2,1H3. The van der Waals surface area contributed by atoms with Gasteiger partial charge in [0, 0.05) is 30.0 Å². The van der Waals surface area contributed by atoms with Crippen molar-refractivity contribution < 1.29 is 4.74 Å². The Morgan fingerprint density at radius 3 is 2.65 bits per heavy atom. The zero-order valence-electron chi connectivity index (χ0n) is 12.3. The normalized spacial score (nSPS) is 37.2. The highest BCUT2D eigenvalue weighted by molar-refractivity contribution is 5.28. The SMILES string of the molecule is CCOC1CC(NC2CC2c2ccccc2)C12CCC2. The first-order valence-corrected chi connectivity index (χ1v) is 8.26. The molecule has 2 nitrogen and oxygen atoms in total. The van der Waals surface area contributed by atoms with E-state index in [-0.39, 0.29) is 0 Å². The van der Waals surface area contributed by atoms with Gasteiger partial charge in [0.05, 0.1) is 6.10 Å². The number of ether oxygens (including phenoxy) is 1. The molecule has 2 heteroatoms. The first-order valence-electron chi connectivity index (χ1n) is 8.26. The van der Waals surface area contributed by atoms with Crippen LogP contribution in [-0.2, 0) is 4.74 Å². The van der Waals surface area contributed by atoms with Crippen molar-refractivity contribution in [1.29, 1.82) is 0 Å². The van der Waals surface area contributed by atoms with Crippen molar-refractivity contribution in [2.45, 2.75) is 63.1 Å². The van der Waals surface area contributed by atoms with Gasteiger partial charge in [-0.15, -0.1) is 0 Å². The Balaban J connectivity index is 1.35. The summed E-state index contributed by atoms with van der Waals surface area (Å²) in [5.74, 6) is 0.750. The van der Waals surface area contributed by atoms with E-state index in [9.17, 15) is 0 Å². The van der Waals surface area contributed by atoms with Crippen LogP contribution in [0.4, 0.5) is 0 Å². The fourth-order valence-electron chi connectivity index (χ4n) is 4.38. The van der Waals surface area contributed by atoms with Gasteiger partial charge in [0.1, 0.15) is 0 Å². The number of nitrogens with one attached hydrogen (secondary N) is 1. The second-order valence-corrected chi connectivity index (χ2v) is 6.85. The minimum absolute atomic E-state index is 0.500. The van der Waals surface area contributed by atoms with E-state index in [1.807, 2.05) is 0 Å². The molecule has 1 aromatic carbocycles. The molecule has 4 atom stereocenters. The van der Waals surface area contributed by atoms with Gasteiger partial charge in [0.2, 0.25) is 0 Å². The molecule has 1 aromatic rings. The second kappa shape index (κ2) is 4.85. The number of rotatable bonds is 5. The van der Waals surface area contributed by atoms with Gasteiger partial charge in [-0.2, -0.15) is 0 Å². The van der Waals surface area contributed by atoms with Gasteiger partial charge in [-0.1, -0.05) is 36.8 Å². The summed E-state index contributed by atoms with van der Waals surface area (Å²) in [6, 6.07) is 12.4. The van der Waals surface area contributed by atoms with E-state index in [0.717, 1.165) is 12.5 Å². The van der Waals surface area contributed by atoms with Crippen LogP contribution in [0.15, 0.2) is 30.3 Å². The zero-order valence-corrected chi connectivity index (χ0v) is 12.3. The Morgan fingerprint density at radius 1 is 1.20 bits per heavy atom. The highest BCUT2D eigenvalue weighted by atomic mass is 16.5. The molecule has 0 aromatic heterocycles. The number of hydrogen-bond donors (Lipinski definition) is 1. The van der Waals surface area contributed by atoms with Gasteiger partial charge >= 0.3 is 0 Å². The molecular formula is C18H25NO. The molecule has 0 aliphatic heterocycles. The van der Waals surface area contributed by atoms with Crippen molar-refractivity contribution >= 4 is 0 Å². The third-order valence-corrected chi connectivity index (χ3v) is 5.87. The molecule has 0 saturated heterocycles. The molecule has 3 aliphatic carbocycles. The molecule has 20 heavy (non-hydrogen) atoms. The molecule has 1 N–H and O–H groups in total. The lowest BCUT2D eigenvalue weighted by molar-refractivity contribution is -0.173. The van der Waals surface area contributed by atoms with Crippen LogP contribution in [0.3, 0.4) is 0 Å². The summed E-state index contributed by atoms with van der Waals surface area (Å²) in [6.07, 6.45) is 7.22. The summed E-state index contributed by atoms with van der Waals surface area (Å²) in [6.45, 7) is 2.99. The molecule has 0 heterocycles. The topological polar surface area (TPSA) is 21.3 Å². The Labute approximate surface area is 121 Å². The van der Waals surface area contributed by atoms with Crippen LogP contribution in [0.2, 0.25) is 0 Å². The van der Waals surface area contributed by atoms with E-state index in [2.05, 4.69) is 42.6 Å². The smallest absolute Gasteiger partial charge is 0.0661 e. The molecule has 4 unspecified atom stereocenters. The molecule has 0 bridgehead atoms. The van der Waals surface area contributed by atoms with Crippen LogP contribution in [0, 0.1) is 5.41 Å². The Kier molecular flexibility index (Phi) is 3.12. The van der Waals surface area contributed by atoms with E-state index in [0.29, 0.717) is 23.6 Å². The average molecular weight is 271 g/mol. The third-order valence-electron chi connectivity index (χ3n) is 5.87. The summed E-state index contributed by atoms with van der Waals surface area (Å²) in [5, 5.41) is 3.94. The number of benzene rings is 1. The zero-order chi connectivity index (χ0) is 13.6. The maximum Gasteiger partial charge on any atom is 0.0661 e. The lowest BCUT2D eigenvalue weighted by atomic mass is 9.51. The summed E-state index contributed by atoms with van der Waals surface area (Å²) in [5.41, 5.74) is 2.01. The van der Waals surface area contributed by atoms with E-state index in [1.165, 1.54) is 37.7 Å². The molecule has 108 valence electrons. The predicted octanol–water partition coefficient (Wildman–Crippen LogP) is 3.48. The largest absolute Gasteiger partial charge is 0.378 e. The summed E-state index contributed by atoms with van der Waals surface area (Å²) in [7, 11) is 0. The van der Waals surface area contributed by atoms with Gasteiger partial charge in [-0.25, -0.2) is 0 Å². The van der Waals surface area contributed by atoms with Crippen LogP contribution < -0.4 is 5.32 Å². The minimum Gasteiger partial charge on any atom is -0.378 e. The maximum atomic E-state index is 5.94. The lowest BCUT2D eigenvalue weighted by Crippen LogP contribution is -2.67. The van der Waals surface area contributed by atoms with Crippen LogP contribution in [-0.4, -0.2) is 24.8 Å². The molecule has 0 radical (unpaired) electrons. The maximum absolute atomic E-state index is 5.94. The van der Waals surface area contributed by atoms with Gasteiger partial charge in [0.15, 0.2) is 0 Å². The van der Waals surface area contributed by atoms with Crippen LogP contribution >= 0.6 is 0 Å². The quantitative estimate of drug-likeness (QED) is 0.885. The van der Waals surface area contributed by atoms with Crippen molar-refractivity contribution in [3.63, 3.8) is 0 Å². The van der Waals surface area contributed by atoms with E-state index < -0.39 is 0 Å². The van der Waals surface area contributed by atoms with Crippen molar-refractivity contribution in [1.82, 2.24) is 5.32 Å². The molecular weight excluding hydrogens is 246 g/mol. The monoisotopic (exact) mass is 271 g/mol. The number of hydrogen-bond acceptors (Lipinski definition) is 2. The van der Waals surface area contributed by atoms with Gasteiger partial charge in [-0.3, -0.25) is 0 Å². The molecule has 3 saturated carbocycles. The third kappa shape index (κ3) is 1.93. The fraction of sp³-hybridized carbons (Fsp3) is 0.667. The Bertz CT molecular complexity index is 468. The van der Waals surface area contributed by atoms with Crippen molar-refractivity contribution in [2.24, 2.45) is 5.41 Å². The van der Waals surface area contributed by atoms with Crippen molar-refractivity contribution in [3.05, 3.63) is 35.9 Å². The van der Waals surface area contributed by atoms with Crippen LogP contribution in [0.25, 0.3) is 0 Å². The first kappa shape index (κ1) is 12.8. The molecule has 0 amide bonds. The van der Waals surface area contributed by atoms with Crippen LogP contribution in [0.5, 0.6) is 0 Å². The van der Waals surface area contributed by atoms with Gasteiger partial charge < -0.3 is 10.1 Å². The summed E-state index contributed by atoms with van der Waals surface area (Å²) >= 11 is 0. The molecule has 1 spiro atoms. The minimum atomic E-state index is 0.500. The Hall–Kier alpha value is -0.860. The van der Waals surface area contributed by atoms with E-state index in [4.69, 9.17) is 4.74 Å². The molecule has 3 fully saturated rings. The molecule has 3 aliphatic rings. The highest BCUT2D eigenvalue weighted by Crippen LogP contribution is 2.58. The first-order chi connectivity index (χ1) is 9.83. The lowest BCUT2D eigenvalue weighted by Gasteiger charge is -2.61. The predicted molar refractivity (Wildman–Crippen MR) is 80.8 cm³/mol. The fourth-order valence-corrected chi connectivity index (χ4v) is 4.38. The average Bonchev–Trinajstić information content (AvgIpc) is 3.16.